The molecule has 0 radical (unpaired) electrons. The van der Waals surface area contributed by atoms with Gasteiger partial charge in [-0.15, -0.1) is 0 Å². The molecule has 0 bridgehead atoms. The van der Waals surface area contributed by atoms with Crippen LogP contribution < -0.4 is 25.3 Å². The maximum Gasteiger partial charge on any atom is 0.234 e. The number of benzene rings is 2. The topological polar surface area (TPSA) is 82.8 Å². The summed E-state index contributed by atoms with van der Waals surface area (Å²) >= 11 is 0. The number of hydrogen-bond donors (Lipinski definition) is 2. The summed E-state index contributed by atoms with van der Waals surface area (Å²) in [4.78, 5) is 11.1. The van der Waals surface area contributed by atoms with Crippen LogP contribution in [0.5, 0.6) is 17.2 Å². The average molecular weight is 364 g/mol. The maximum absolute atomic E-state index is 13.3. The number of ether oxygens (including phenoxy) is 3. The molecule has 0 fully saturated rings. The smallest absolute Gasteiger partial charge is 0.234 e. The van der Waals surface area contributed by atoms with Crippen molar-refractivity contribution < 1.29 is 27.8 Å². The van der Waals surface area contributed by atoms with Crippen LogP contribution in [0.15, 0.2) is 30.3 Å². The minimum atomic E-state index is -0.930. The third kappa shape index (κ3) is 3.85. The van der Waals surface area contributed by atoms with Gasteiger partial charge in [-0.1, -0.05) is 12.1 Å². The standard InChI is InChI=1S/C18H18F2N2O4/c1-10(18(21)23)22-7-12-3-5-15(17-16(12)25-9-26-17)24-8-11-2-4-13(19)14(20)6-11/h2-6,10,22H,7-9H2,1H3,(H2,21,23)/t10-/m0/s1. The van der Waals surface area contributed by atoms with E-state index in [1.165, 1.54) is 6.07 Å². The Bertz CT molecular complexity index is 829. The van der Waals surface area contributed by atoms with Crippen LogP contribution in [0.25, 0.3) is 0 Å². The zero-order valence-electron chi connectivity index (χ0n) is 14.1. The number of nitrogens with two attached hydrogens (primary N) is 1. The second-order valence-corrected chi connectivity index (χ2v) is 5.83. The maximum atomic E-state index is 13.3. The molecule has 1 heterocycles. The molecular formula is C18H18F2N2O4. The monoisotopic (exact) mass is 364 g/mol. The molecule has 0 saturated heterocycles. The Morgan fingerprint density at radius 2 is 2.00 bits per heavy atom. The van der Waals surface area contributed by atoms with Gasteiger partial charge in [-0.2, -0.15) is 0 Å². The lowest BCUT2D eigenvalue weighted by atomic mass is 10.1. The van der Waals surface area contributed by atoms with Gasteiger partial charge in [-0.3, -0.25) is 4.79 Å². The van der Waals surface area contributed by atoms with Crippen molar-refractivity contribution in [2.75, 3.05) is 6.79 Å². The molecule has 2 aromatic rings. The molecule has 3 N–H and O–H groups in total. The number of halogens is 2. The molecule has 1 aliphatic heterocycles. The third-order valence-electron chi connectivity index (χ3n) is 3.97. The Kier molecular flexibility index (Phi) is 5.22. The number of primary amides is 1. The van der Waals surface area contributed by atoms with Crippen LogP contribution in [0.3, 0.4) is 0 Å². The second-order valence-electron chi connectivity index (χ2n) is 5.83. The van der Waals surface area contributed by atoms with E-state index in [1.807, 2.05) is 0 Å². The molecule has 26 heavy (non-hydrogen) atoms. The number of hydrogen-bond acceptors (Lipinski definition) is 5. The number of fused-ring (bicyclic) bond motifs is 1. The summed E-state index contributed by atoms with van der Waals surface area (Å²) in [5, 5.41) is 2.99. The molecule has 8 heteroatoms. The van der Waals surface area contributed by atoms with E-state index in [0.29, 0.717) is 29.4 Å². The Hall–Kier alpha value is -2.87. The first-order chi connectivity index (χ1) is 12.5. The lowest BCUT2D eigenvalue weighted by Gasteiger charge is -2.14. The fraction of sp³-hybridized carbons (Fsp3) is 0.278. The fourth-order valence-corrected chi connectivity index (χ4v) is 2.43. The van der Waals surface area contributed by atoms with E-state index in [9.17, 15) is 13.6 Å². The van der Waals surface area contributed by atoms with Crippen LogP contribution in [0, 0.1) is 11.6 Å². The molecule has 0 unspecified atom stereocenters. The van der Waals surface area contributed by atoms with Crippen LogP contribution >= 0.6 is 0 Å². The van der Waals surface area contributed by atoms with Gasteiger partial charge in [0.05, 0.1) is 6.04 Å². The molecule has 0 aromatic heterocycles. The zero-order valence-corrected chi connectivity index (χ0v) is 14.1. The van der Waals surface area contributed by atoms with Crippen molar-refractivity contribution in [3.63, 3.8) is 0 Å². The van der Waals surface area contributed by atoms with Gasteiger partial charge in [0.1, 0.15) is 6.61 Å². The minimum absolute atomic E-state index is 0.0409. The van der Waals surface area contributed by atoms with Crippen molar-refractivity contribution in [2.24, 2.45) is 5.73 Å². The Morgan fingerprint density at radius 1 is 1.23 bits per heavy atom. The SMILES string of the molecule is C[C@H](NCc1ccc(OCc2ccc(F)c(F)c2)c2c1OCO2)C(N)=O. The summed E-state index contributed by atoms with van der Waals surface area (Å²) in [6, 6.07) is 6.55. The van der Waals surface area contributed by atoms with Crippen molar-refractivity contribution in [1.82, 2.24) is 5.32 Å². The molecule has 0 spiro atoms. The van der Waals surface area contributed by atoms with Gasteiger partial charge >= 0.3 is 0 Å². The van der Waals surface area contributed by atoms with Crippen LogP contribution in [0.1, 0.15) is 18.1 Å². The highest BCUT2D eigenvalue weighted by molar-refractivity contribution is 5.79. The molecule has 1 amide bonds. The zero-order chi connectivity index (χ0) is 18.7. The van der Waals surface area contributed by atoms with E-state index in [-0.39, 0.29) is 13.4 Å². The Balaban J connectivity index is 1.72. The fourth-order valence-electron chi connectivity index (χ4n) is 2.43. The molecule has 138 valence electrons. The molecule has 0 aliphatic carbocycles. The number of carbonyl (C=O) groups is 1. The minimum Gasteiger partial charge on any atom is -0.485 e. The lowest BCUT2D eigenvalue weighted by molar-refractivity contribution is -0.119. The first-order valence-corrected chi connectivity index (χ1v) is 7.96. The van der Waals surface area contributed by atoms with Crippen LogP contribution in [0.4, 0.5) is 8.78 Å². The summed E-state index contributed by atoms with van der Waals surface area (Å²) < 4.78 is 42.8. The van der Waals surface area contributed by atoms with E-state index in [1.54, 1.807) is 19.1 Å². The summed E-state index contributed by atoms with van der Waals surface area (Å²) in [6.07, 6.45) is 0. The highest BCUT2D eigenvalue weighted by Crippen LogP contribution is 2.43. The molecule has 3 rings (SSSR count). The Morgan fingerprint density at radius 3 is 2.73 bits per heavy atom. The first kappa shape index (κ1) is 17.9. The highest BCUT2D eigenvalue weighted by atomic mass is 19.2. The Labute approximate surface area is 148 Å². The molecule has 2 aromatic carbocycles. The predicted octanol–water partition coefficient (Wildman–Crippen LogP) is 2.24. The molecular weight excluding hydrogens is 346 g/mol. The number of carbonyl (C=O) groups excluding carboxylic acids is 1. The van der Waals surface area contributed by atoms with Crippen LogP contribution in [-0.2, 0) is 17.9 Å². The quantitative estimate of drug-likeness (QED) is 0.787. The molecule has 1 atom stereocenters. The number of amides is 1. The number of rotatable bonds is 7. The van der Waals surface area contributed by atoms with Crippen molar-refractivity contribution in [3.8, 4) is 17.2 Å². The van der Waals surface area contributed by atoms with E-state index >= 15 is 0 Å². The van der Waals surface area contributed by atoms with Crippen LogP contribution in [-0.4, -0.2) is 18.7 Å². The predicted molar refractivity (Wildman–Crippen MR) is 88.8 cm³/mol. The van der Waals surface area contributed by atoms with E-state index in [0.717, 1.165) is 17.7 Å². The summed E-state index contributed by atoms with van der Waals surface area (Å²) in [5.74, 6) is -0.927. The molecule has 1 aliphatic rings. The van der Waals surface area contributed by atoms with Gasteiger partial charge < -0.3 is 25.3 Å². The van der Waals surface area contributed by atoms with Crippen molar-refractivity contribution in [2.45, 2.75) is 26.1 Å². The molecule has 0 saturated carbocycles. The average Bonchev–Trinajstić information content (AvgIpc) is 3.11. The van der Waals surface area contributed by atoms with Crippen LogP contribution in [0.2, 0.25) is 0 Å². The van der Waals surface area contributed by atoms with Gasteiger partial charge in [0, 0.05) is 12.1 Å². The summed E-state index contributed by atoms with van der Waals surface area (Å²) in [6.45, 7) is 2.11. The van der Waals surface area contributed by atoms with Crippen molar-refractivity contribution in [1.29, 1.82) is 0 Å². The number of nitrogens with one attached hydrogen (secondary N) is 1. The van der Waals surface area contributed by atoms with Gasteiger partial charge in [0.15, 0.2) is 23.1 Å². The van der Waals surface area contributed by atoms with Crippen molar-refractivity contribution >= 4 is 5.91 Å². The van der Waals surface area contributed by atoms with Gasteiger partial charge in [-0.05, 0) is 30.7 Å². The summed E-state index contributed by atoms with van der Waals surface area (Å²) in [5.41, 5.74) is 6.49. The van der Waals surface area contributed by atoms with E-state index in [4.69, 9.17) is 19.9 Å². The highest BCUT2D eigenvalue weighted by Gasteiger charge is 2.23. The van der Waals surface area contributed by atoms with Gasteiger partial charge in [-0.25, -0.2) is 8.78 Å². The third-order valence-corrected chi connectivity index (χ3v) is 3.97. The molecule has 6 nitrogen and oxygen atoms in total. The first-order valence-electron chi connectivity index (χ1n) is 7.96. The largest absolute Gasteiger partial charge is 0.485 e. The lowest BCUT2D eigenvalue weighted by Crippen LogP contribution is -2.38. The van der Waals surface area contributed by atoms with E-state index < -0.39 is 23.6 Å². The second kappa shape index (κ2) is 7.57. The normalized spacial score (nSPS) is 13.5. The van der Waals surface area contributed by atoms with E-state index in [2.05, 4.69) is 5.32 Å². The summed E-state index contributed by atoms with van der Waals surface area (Å²) in [7, 11) is 0. The van der Waals surface area contributed by atoms with Gasteiger partial charge in [0.25, 0.3) is 0 Å². The van der Waals surface area contributed by atoms with Gasteiger partial charge in [0.2, 0.25) is 18.4 Å². The van der Waals surface area contributed by atoms with Crippen molar-refractivity contribution in [3.05, 3.63) is 53.1 Å².